The van der Waals surface area contributed by atoms with E-state index in [0.717, 1.165) is 25.9 Å². The molecule has 0 unspecified atom stereocenters. The third kappa shape index (κ3) is 3.48. The molecule has 0 atom stereocenters. The molecule has 3 nitrogen and oxygen atoms in total. The van der Waals surface area contributed by atoms with E-state index in [-0.39, 0.29) is 5.91 Å². The number of hydrogen-bond donors (Lipinski definition) is 0. The lowest BCUT2D eigenvalue weighted by atomic mass is 10.1. The quantitative estimate of drug-likeness (QED) is 0.758. The number of methoxy groups -OCH3 is 1. The largest absolute Gasteiger partial charge is 0.496 e. The van der Waals surface area contributed by atoms with E-state index in [1.54, 1.807) is 7.11 Å². The van der Waals surface area contributed by atoms with Crippen LogP contribution < -0.4 is 4.74 Å². The molecule has 0 saturated heterocycles. The smallest absolute Gasteiger partial charge is 0.257 e. The van der Waals surface area contributed by atoms with Crippen molar-refractivity contribution in [2.45, 2.75) is 26.7 Å². The van der Waals surface area contributed by atoms with Gasteiger partial charge in [0.05, 0.1) is 12.7 Å². The molecule has 0 saturated carbocycles. The van der Waals surface area contributed by atoms with Gasteiger partial charge in [0.25, 0.3) is 5.91 Å². The fourth-order valence-electron chi connectivity index (χ4n) is 1.74. The molecule has 94 valence electrons. The zero-order valence-electron chi connectivity index (χ0n) is 10.9. The third-order valence-electron chi connectivity index (χ3n) is 2.79. The van der Waals surface area contributed by atoms with Crippen molar-refractivity contribution in [1.82, 2.24) is 4.90 Å². The second-order valence-electron chi connectivity index (χ2n) is 3.94. The van der Waals surface area contributed by atoms with Gasteiger partial charge in [0.1, 0.15) is 5.75 Å². The van der Waals surface area contributed by atoms with Crippen LogP contribution in [-0.2, 0) is 0 Å². The average molecular weight is 235 g/mol. The summed E-state index contributed by atoms with van der Waals surface area (Å²) in [6.07, 6.45) is 2.13. The molecule has 0 aliphatic heterocycles. The number of unbranched alkanes of at least 4 members (excludes halogenated alkanes) is 1. The summed E-state index contributed by atoms with van der Waals surface area (Å²) in [5.74, 6) is 0.700. The Bertz CT molecular complexity index is 363. The summed E-state index contributed by atoms with van der Waals surface area (Å²) in [5, 5.41) is 0. The van der Waals surface area contributed by atoms with Crippen LogP contribution in [0.4, 0.5) is 0 Å². The standard InChI is InChI=1S/C14H21NO2/c1-4-6-11-15(5-2)14(16)12-9-7-8-10-13(12)17-3/h7-10H,4-6,11H2,1-3H3. The van der Waals surface area contributed by atoms with Crippen molar-refractivity contribution in [1.29, 1.82) is 0 Å². The van der Waals surface area contributed by atoms with E-state index in [4.69, 9.17) is 4.74 Å². The summed E-state index contributed by atoms with van der Waals surface area (Å²) in [4.78, 5) is 14.2. The third-order valence-corrected chi connectivity index (χ3v) is 2.79. The molecular weight excluding hydrogens is 214 g/mol. The van der Waals surface area contributed by atoms with Gasteiger partial charge in [-0.25, -0.2) is 0 Å². The maximum absolute atomic E-state index is 12.3. The highest BCUT2D eigenvalue weighted by atomic mass is 16.5. The lowest BCUT2D eigenvalue weighted by Crippen LogP contribution is -2.32. The molecule has 0 aromatic heterocycles. The zero-order chi connectivity index (χ0) is 12.7. The van der Waals surface area contributed by atoms with E-state index in [1.807, 2.05) is 36.1 Å². The van der Waals surface area contributed by atoms with Gasteiger partial charge >= 0.3 is 0 Å². The summed E-state index contributed by atoms with van der Waals surface area (Å²) in [5.41, 5.74) is 0.646. The van der Waals surface area contributed by atoms with Gasteiger partial charge in [-0.3, -0.25) is 4.79 Å². The fraction of sp³-hybridized carbons (Fsp3) is 0.500. The van der Waals surface area contributed by atoms with Gasteiger partial charge in [-0.05, 0) is 25.5 Å². The molecule has 1 rings (SSSR count). The second-order valence-corrected chi connectivity index (χ2v) is 3.94. The molecular formula is C14H21NO2. The minimum absolute atomic E-state index is 0.0541. The highest BCUT2D eigenvalue weighted by molar-refractivity contribution is 5.96. The lowest BCUT2D eigenvalue weighted by molar-refractivity contribution is 0.0759. The topological polar surface area (TPSA) is 29.5 Å². The number of nitrogens with zero attached hydrogens (tertiary/aromatic N) is 1. The Balaban J connectivity index is 2.85. The maximum atomic E-state index is 12.3. The van der Waals surface area contributed by atoms with Crippen molar-refractivity contribution in [3.63, 3.8) is 0 Å². The van der Waals surface area contributed by atoms with Crippen LogP contribution in [-0.4, -0.2) is 31.0 Å². The minimum Gasteiger partial charge on any atom is -0.496 e. The minimum atomic E-state index is 0.0541. The highest BCUT2D eigenvalue weighted by Gasteiger charge is 2.17. The van der Waals surface area contributed by atoms with Crippen LogP contribution in [0.5, 0.6) is 5.75 Å². The van der Waals surface area contributed by atoms with Crippen molar-refractivity contribution in [3.05, 3.63) is 29.8 Å². The SMILES string of the molecule is CCCCN(CC)C(=O)c1ccccc1OC. The number of amides is 1. The fourth-order valence-corrected chi connectivity index (χ4v) is 1.74. The molecule has 0 bridgehead atoms. The number of ether oxygens (including phenoxy) is 1. The Morgan fingerprint density at radius 1 is 1.29 bits per heavy atom. The molecule has 1 aromatic carbocycles. The van der Waals surface area contributed by atoms with Gasteiger partial charge in [-0.1, -0.05) is 25.5 Å². The zero-order valence-corrected chi connectivity index (χ0v) is 10.9. The second kappa shape index (κ2) is 6.94. The predicted octanol–water partition coefficient (Wildman–Crippen LogP) is 2.96. The van der Waals surface area contributed by atoms with Crippen molar-refractivity contribution >= 4 is 5.91 Å². The molecule has 0 aliphatic rings. The van der Waals surface area contributed by atoms with E-state index in [1.165, 1.54) is 0 Å². The molecule has 0 radical (unpaired) electrons. The average Bonchev–Trinajstić information content (AvgIpc) is 2.39. The molecule has 0 heterocycles. The first kappa shape index (κ1) is 13.6. The van der Waals surface area contributed by atoms with Crippen LogP contribution in [0, 0.1) is 0 Å². The summed E-state index contributed by atoms with van der Waals surface area (Å²) in [7, 11) is 1.59. The molecule has 1 amide bonds. The summed E-state index contributed by atoms with van der Waals surface area (Å²) in [6, 6.07) is 7.37. The van der Waals surface area contributed by atoms with Gasteiger partial charge in [0.15, 0.2) is 0 Å². The van der Waals surface area contributed by atoms with Crippen LogP contribution in [0.1, 0.15) is 37.0 Å². The Morgan fingerprint density at radius 2 is 2.00 bits per heavy atom. The van der Waals surface area contributed by atoms with Crippen molar-refractivity contribution in [2.24, 2.45) is 0 Å². The van der Waals surface area contributed by atoms with Crippen LogP contribution in [0.2, 0.25) is 0 Å². The van der Waals surface area contributed by atoms with Gasteiger partial charge in [-0.2, -0.15) is 0 Å². The van der Waals surface area contributed by atoms with Crippen molar-refractivity contribution in [3.8, 4) is 5.75 Å². The van der Waals surface area contributed by atoms with Gasteiger partial charge < -0.3 is 9.64 Å². The molecule has 0 fully saturated rings. The van der Waals surface area contributed by atoms with E-state index >= 15 is 0 Å². The van der Waals surface area contributed by atoms with Crippen LogP contribution in [0.3, 0.4) is 0 Å². The predicted molar refractivity (Wildman–Crippen MR) is 69.5 cm³/mol. The first-order valence-corrected chi connectivity index (χ1v) is 6.16. The molecule has 0 spiro atoms. The Kier molecular flexibility index (Phi) is 5.53. The number of rotatable bonds is 6. The number of para-hydroxylation sites is 1. The molecule has 0 aliphatic carbocycles. The number of carbonyl (C=O) groups is 1. The van der Waals surface area contributed by atoms with Crippen molar-refractivity contribution in [2.75, 3.05) is 20.2 Å². The van der Waals surface area contributed by atoms with E-state index < -0.39 is 0 Å². The lowest BCUT2D eigenvalue weighted by Gasteiger charge is -2.21. The molecule has 1 aromatic rings. The van der Waals surface area contributed by atoms with E-state index in [9.17, 15) is 4.79 Å². The number of hydrogen-bond acceptors (Lipinski definition) is 2. The van der Waals surface area contributed by atoms with Crippen LogP contribution in [0.25, 0.3) is 0 Å². The van der Waals surface area contributed by atoms with Gasteiger partial charge in [0, 0.05) is 13.1 Å². The normalized spacial score (nSPS) is 10.1. The Labute approximate surface area is 103 Å². The molecule has 3 heteroatoms. The summed E-state index contributed by atoms with van der Waals surface area (Å²) >= 11 is 0. The first-order chi connectivity index (χ1) is 8.24. The van der Waals surface area contributed by atoms with E-state index in [0.29, 0.717) is 11.3 Å². The van der Waals surface area contributed by atoms with E-state index in [2.05, 4.69) is 6.92 Å². The first-order valence-electron chi connectivity index (χ1n) is 6.16. The summed E-state index contributed by atoms with van der Waals surface area (Å²) in [6.45, 7) is 5.67. The molecule has 17 heavy (non-hydrogen) atoms. The van der Waals surface area contributed by atoms with Gasteiger partial charge in [-0.15, -0.1) is 0 Å². The monoisotopic (exact) mass is 235 g/mol. The maximum Gasteiger partial charge on any atom is 0.257 e. The van der Waals surface area contributed by atoms with Crippen LogP contribution >= 0.6 is 0 Å². The number of carbonyl (C=O) groups excluding carboxylic acids is 1. The Morgan fingerprint density at radius 3 is 2.59 bits per heavy atom. The van der Waals surface area contributed by atoms with Crippen LogP contribution in [0.15, 0.2) is 24.3 Å². The highest BCUT2D eigenvalue weighted by Crippen LogP contribution is 2.19. The number of benzene rings is 1. The Hall–Kier alpha value is -1.51. The van der Waals surface area contributed by atoms with Gasteiger partial charge in [0.2, 0.25) is 0 Å². The molecule has 0 N–H and O–H groups in total. The summed E-state index contributed by atoms with van der Waals surface area (Å²) < 4.78 is 5.22. The van der Waals surface area contributed by atoms with Crippen molar-refractivity contribution < 1.29 is 9.53 Å².